The van der Waals surface area contributed by atoms with E-state index in [0.29, 0.717) is 16.5 Å². The number of thiophene rings is 1. The van der Waals surface area contributed by atoms with Crippen LogP contribution in [0.5, 0.6) is 0 Å². The van der Waals surface area contributed by atoms with Crippen molar-refractivity contribution in [2.75, 3.05) is 5.32 Å². The minimum absolute atomic E-state index is 0.164. The number of carbonyl (C=O) groups excluding carboxylic acids is 1. The van der Waals surface area contributed by atoms with Crippen molar-refractivity contribution in [1.29, 1.82) is 5.26 Å². The van der Waals surface area contributed by atoms with E-state index in [1.54, 1.807) is 23.5 Å². The van der Waals surface area contributed by atoms with Crippen LogP contribution in [0.1, 0.15) is 60.2 Å². The van der Waals surface area contributed by atoms with E-state index in [0.717, 1.165) is 31.2 Å². The van der Waals surface area contributed by atoms with Crippen LogP contribution in [0.15, 0.2) is 22.8 Å². The van der Waals surface area contributed by atoms with Crippen LogP contribution in [0, 0.1) is 22.7 Å². The van der Waals surface area contributed by atoms with Crippen molar-refractivity contribution in [3.63, 3.8) is 0 Å². The zero-order valence-corrected chi connectivity index (χ0v) is 17.4. The quantitative estimate of drug-likeness (QED) is 0.714. The monoisotopic (exact) mass is 401 g/mol. The Bertz CT molecular complexity index is 891. The highest BCUT2D eigenvalue weighted by Gasteiger charge is 2.34. The van der Waals surface area contributed by atoms with Gasteiger partial charge in [-0.3, -0.25) is 10.1 Å². The molecule has 2 N–H and O–H groups in total. The molecular formula is C20H23N3O2S2. The number of rotatable bonds is 4. The molecule has 3 rings (SSSR count). The van der Waals surface area contributed by atoms with Gasteiger partial charge in [0.05, 0.1) is 11.8 Å². The molecule has 2 heterocycles. The van der Waals surface area contributed by atoms with E-state index in [-0.39, 0.29) is 16.3 Å². The molecule has 27 heavy (non-hydrogen) atoms. The molecule has 142 valence electrons. The average Bonchev–Trinajstić information content (AvgIpc) is 3.28. The Balaban J connectivity index is 1.75. The van der Waals surface area contributed by atoms with E-state index in [1.165, 1.54) is 11.1 Å². The fraction of sp³-hybridized carbons (Fsp3) is 0.450. The predicted octanol–water partition coefficient (Wildman–Crippen LogP) is 4.88. The summed E-state index contributed by atoms with van der Waals surface area (Å²) in [6.45, 7) is 6.87. The second-order valence-corrected chi connectivity index (χ2v) is 9.00. The summed E-state index contributed by atoms with van der Waals surface area (Å²) >= 11 is 6.82. The number of nitrogens with zero attached hydrogens (tertiary/aromatic N) is 1. The maximum Gasteiger partial charge on any atom is 0.293 e. The molecule has 0 saturated heterocycles. The number of carbonyl (C=O) groups is 1. The number of amides is 1. The van der Waals surface area contributed by atoms with Gasteiger partial charge in [0, 0.05) is 4.88 Å². The third kappa shape index (κ3) is 4.07. The van der Waals surface area contributed by atoms with Crippen LogP contribution >= 0.6 is 23.6 Å². The van der Waals surface area contributed by atoms with Crippen LogP contribution in [0.4, 0.5) is 5.00 Å². The third-order valence-electron chi connectivity index (χ3n) is 5.59. The second-order valence-electron chi connectivity index (χ2n) is 7.49. The van der Waals surface area contributed by atoms with E-state index in [2.05, 4.69) is 37.5 Å². The van der Waals surface area contributed by atoms with E-state index in [9.17, 15) is 10.1 Å². The number of hydrogen-bond acceptors (Lipinski definition) is 5. The van der Waals surface area contributed by atoms with Crippen molar-refractivity contribution < 1.29 is 9.21 Å². The lowest BCUT2D eigenvalue weighted by Gasteiger charge is -2.36. The lowest BCUT2D eigenvalue weighted by Crippen LogP contribution is -2.33. The Morgan fingerprint density at radius 1 is 1.52 bits per heavy atom. The molecule has 0 radical (unpaired) electrons. The highest BCUT2D eigenvalue weighted by Crippen LogP contribution is 2.45. The zero-order chi connectivity index (χ0) is 19.6. The van der Waals surface area contributed by atoms with Crippen LogP contribution in [-0.4, -0.2) is 11.0 Å². The molecule has 7 heteroatoms. The van der Waals surface area contributed by atoms with E-state index in [1.807, 2.05) is 0 Å². The Labute approximate surface area is 168 Å². The molecule has 0 spiro atoms. The molecule has 1 atom stereocenters. The number of nitrogens with one attached hydrogen (secondary N) is 2. The van der Waals surface area contributed by atoms with Gasteiger partial charge in [-0.1, -0.05) is 27.2 Å². The summed E-state index contributed by atoms with van der Waals surface area (Å²) in [7, 11) is 0. The molecule has 1 amide bonds. The van der Waals surface area contributed by atoms with Crippen LogP contribution in [0.25, 0.3) is 0 Å². The van der Waals surface area contributed by atoms with Crippen LogP contribution < -0.4 is 10.6 Å². The second kappa shape index (κ2) is 7.83. The van der Waals surface area contributed by atoms with Gasteiger partial charge in [0.25, 0.3) is 5.91 Å². The maximum atomic E-state index is 12.0. The SMILES string of the molecule is CCC(C)(C)C1CCc2c(sc(NC(=S)NC(=O)c3ccco3)c2C#N)C1. The fourth-order valence-electron chi connectivity index (χ4n) is 3.45. The molecule has 0 saturated carbocycles. The molecule has 0 aromatic carbocycles. The Kier molecular flexibility index (Phi) is 5.68. The number of furan rings is 1. The molecule has 2 aromatic rings. The topological polar surface area (TPSA) is 78.1 Å². The number of thiocarbonyl (C=S) groups is 1. The first-order valence-corrected chi connectivity index (χ1v) is 10.3. The Morgan fingerprint density at radius 2 is 2.30 bits per heavy atom. The first kappa shape index (κ1) is 19.6. The molecule has 1 aliphatic rings. The largest absolute Gasteiger partial charge is 0.459 e. The van der Waals surface area contributed by atoms with Gasteiger partial charge in [0.1, 0.15) is 11.1 Å². The standard InChI is InChI=1S/C20H23N3O2S2/c1-4-20(2,3)12-7-8-13-14(11-21)18(27-16(13)10-12)23-19(26)22-17(24)15-6-5-9-25-15/h5-6,9,12H,4,7-8,10H2,1-3H3,(H2,22,23,24,26). The normalized spacial score (nSPS) is 16.3. The van der Waals surface area contributed by atoms with Crippen molar-refractivity contribution in [3.05, 3.63) is 40.2 Å². The summed E-state index contributed by atoms with van der Waals surface area (Å²) in [5.74, 6) is 0.385. The van der Waals surface area contributed by atoms with Crippen molar-refractivity contribution in [1.82, 2.24) is 5.32 Å². The average molecular weight is 402 g/mol. The summed E-state index contributed by atoms with van der Waals surface area (Å²) in [6, 6.07) is 5.52. The summed E-state index contributed by atoms with van der Waals surface area (Å²) in [6.07, 6.45) is 5.56. The minimum Gasteiger partial charge on any atom is -0.459 e. The van der Waals surface area contributed by atoms with Crippen LogP contribution in [0.2, 0.25) is 0 Å². The van der Waals surface area contributed by atoms with Gasteiger partial charge < -0.3 is 9.73 Å². The number of fused-ring (bicyclic) bond motifs is 1. The molecule has 5 nitrogen and oxygen atoms in total. The fourth-order valence-corrected chi connectivity index (χ4v) is 5.00. The molecule has 2 aromatic heterocycles. The van der Waals surface area contributed by atoms with Gasteiger partial charge in [-0.25, -0.2) is 0 Å². The molecule has 1 aliphatic carbocycles. The summed E-state index contributed by atoms with van der Waals surface area (Å²) in [5, 5.41) is 16.1. The molecule has 0 aliphatic heterocycles. The van der Waals surface area contributed by atoms with Gasteiger partial charge in [-0.05, 0) is 60.5 Å². The third-order valence-corrected chi connectivity index (χ3v) is 6.97. The van der Waals surface area contributed by atoms with Gasteiger partial charge in [-0.2, -0.15) is 5.26 Å². The van der Waals surface area contributed by atoms with Crippen LogP contribution in [0.3, 0.4) is 0 Å². The summed E-state index contributed by atoms with van der Waals surface area (Å²) in [5.41, 5.74) is 2.07. The van der Waals surface area contributed by atoms with Crippen molar-refractivity contribution >= 4 is 39.6 Å². The first-order valence-electron chi connectivity index (χ1n) is 9.06. The van der Waals surface area contributed by atoms with Crippen molar-refractivity contribution in [2.24, 2.45) is 11.3 Å². The van der Waals surface area contributed by atoms with Crippen molar-refractivity contribution in [3.8, 4) is 6.07 Å². The van der Waals surface area contributed by atoms with E-state index in [4.69, 9.17) is 16.6 Å². The minimum atomic E-state index is -0.415. The van der Waals surface area contributed by atoms with E-state index >= 15 is 0 Å². The molecule has 1 unspecified atom stereocenters. The highest BCUT2D eigenvalue weighted by atomic mass is 32.1. The van der Waals surface area contributed by atoms with Gasteiger partial charge in [0.2, 0.25) is 0 Å². The van der Waals surface area contributed by atoms with Gasteiger partial charge in [0.15, 0.2) is 10.9 Å². The van der Waals surface area contributed by atoms with Crippen molar-refractivity contribution in [2.45, 2.75) is 46.5 Å². The van der Waals surface area contributed by atoms with E-state index < -0.39 is 5.91 Å². The predicted molar refractivity (Wildman–Crippen MR) is 111 cm³/mol. The Morgan fingerprint density at radius 3 is 2.93 bits per heavy atom. The van der Waals surface area contributed by atoms with Gasteiger partial charge >= 0.3 is 0 Å². The number of anilines is 1. The molecule has 0 fully saturated rings. The first-order chi connectivity index (χ1) is 12.9. The summed E-state index contributed by atoms with van der Waals surface area (Å²) in [4.78, 5) is 13.3. The lowest BCUT2D eigenvalue weighted by molar-refractivity contribution is 0.0950. The molecule has 0 bridgehead atoms. The number of hydrogen-bond donors (Lipinski definition) is 2. The zero-order valence-electron chi connectivity index (χ0n) is 15.7. The highest BCUT2D eigenvalue weighted by molar-refractivity contribution is 7.80. The lowest BCUT2D eigenvalue weighted by atomic mass is 9.69. The maximum absolute atomic E-state index is 12.0. The smallest absolute Gasteiger partial charge is 0.293 e. The molecular weight excluding hydrogens is 378 g/mol. The number of nitriles is 1. The Hall–Kier alpha value is -2.17. The van der Waals surface area contributed by atoms with Gasteiger partial charge in [-0.15, -0.1) is 11.3 Å². The van der Waals surface area contributed by atoms with Crippen LogP contribution in [-0.2, 0) is 12.8 Å². The summed E-state index contributed by atoms with van der Waals surface area (Å²) < 4.78 is 5.06.